The lowest BCUT2D eigenvalue weighted by atomic mass is 10.0. The number of carboxylic acids is 1. The Hall–Kier alpha value is -2.23. The largest absolute Gasteiger partial charge is 0.476 e. The Bertz CT molecular complexity index is 891. The van der Waals surface area contributed by atoms with Crippen LogP contribution in [0.3, 0.4) is 0 Å². The van der Waals surface area contributed by atoms with Gasteiger partial charge in [-0.2, -0.15) is 5.10 Å². The van der Waals surface area contributed by atoms with Crippen LogP contribution in [0.1, 0.15) is 21.6 Å². The number of sulfonamides is 1. The number of aromatic nitrogens is 2. The van der Waals surface area contributed by atoms with E-state index in [-0.39, 0.29) is 17.1 Å². The fourth-order valence-electron chi connectivity index (χ4n) is 3.02. The van der Waals surface area contributed by atoms with E-state index in [0.717, 1.165) is 30.4 Å². The van der Waals surface area contributed by atoms with Crippen LogP contribution in [0.5, 0.6) is 0 Å². The molecule has 0 bridgehead atoms. The third-order valence-corrected chi connectivity index (χ3v) is 5.79. The molecule has 0 aliphatic carbocycles. The van der Waals surface area contributed by atoms with E-state index in [1.807, 2.05) is 12.1 Å². The quantitative estimate of drug-likeness (QED) is 0.771. The van der Waals surface area contributed by atoms with Gasteiger partial charge in [0.05, 0.1) is 6.20 Å². The second-order valence-corrected chi connectivity index (χ2v) is 7.71. The number of nitrogens with zero attached hydrogens (tertiary/aromatic N) is 3. The van der Waals surface area contributed by atoms with Crippen molar-refractivity contribution < 1.29 is 18.3 Å². The van der Waals surface area contributed by atoms with E-state index in [0.29, 0.717) is 6.54 Å². The Morgan fingerprint density at radius 2 is 2.04 bits per heavy atom. The van der Waals surface area contributed by atoms with Crippen LogP contribution < -0.4 is 4.72 Å². The average molecular weight is 364 g/mol. The Morgan fingerprint density at radius 3 is 2.76 bits per heavy atom. The number of benzene rings is 1. The lowest BCUT2D eigenvalue weighted by Gasteiger charge is -2.28. The zero-order valence-electron chi connectivity index (χ0n) is 13.8. The summed E-state index contributed by atoms with van der Waals surface area (Å²) in [6, 6.07) is 8.23. The summed E-state index contributed by atoms with van der Waals surface area (Å²) in [4.78, 5) is 13.1. The molecule has 8 nitrogen and oxygen atoms in total. The van der Waals surface area contributed by atoms with Crippen molar-refractivity contribution in [1.82, 2.24) is 19.4 Å². The molecule has 0 spiro atoms. The molecule has 2 aromatic rings. The van der Waals surface area contributed by atoms with Gasteiger partial charge in [-0.3, -0.25) is 9.58 Å². The van der Waals surface area contributed by atoms with Gasteiger partial charge in [-0.1, -0.05) is 24.3 Å². The van der Waals surface area contributed by atoms with Crippen LogP contribution in [0.25, 0.3) is 0 Å². The van der Waals surface area contributed by atoms with Gasteiger partial charge in [0.2, 0.25) is 10.0 Å². The summed E-state index contributed by atoms with van der Waals surface area (Å²) in [5.41, 5.74) is 2.25. The van der Waals surface area contributed by atoms with Gasteiger partial charge in [-0.25, -0.2) is 17.9 Å². The van der Waals surface area contributed by atoms with Crippen molar-refractivity contribution in [3.8, 4) is 0 Å². The highest BCUT2D eigenvalue weighted by Gasteiger charge is 2.26. The Morgan fingerprint density at radius 1 is 1.32 bits per heavy atom. The molecule has 0 radical (unpaired) electrons. The van der Waals surface area contributed by atoms with E-state index in [2.05, 4.69) is 26.9 Å². The SMILES string of the molecule is Cn1ncc(S(=O)(=O)NCCN2CCc3ccccc3C2)c1C(=O)O. The lowest BCUT2D eigenvalue weighted by Crippen LogP contribution is -2.38. The van der Waals surface area contributed by atoms with Gasteiger partial charge < -0.3 is 5.11 Å². The standard InChI is InChI=1S/C16H20N4O4S/c1-19-15(16(21)22)14(10-17-19)25(23,24)18-7-9-20-8-6-12-4-2-3-5-13(12)11-20/h2-5,10,18H,6-9,11H2,1H3,(H,21,22). The molecule has 134 valence electrons. The summed E-state index contributed by atoms with van der Waals surface area (Å²) in [5.74, 6) is -1.33. The first-order valence-electron chi connectivity index (χ1n) is 7.92. The maximum Gasteiger partial charge on any atom is 0.355 e. The number of carbonyl (C=O) groups is 1. The normalized spacial score (nSPS) is 15.1. The maximum absolute atomic E-state index is 12.4. The fourth-order valence-corrected chi connectivity index (χ4v) is 4.19. The predicted octanol–water partition coefficient (Wildman–Crippen LogP) is 0.455. The van der Waals surface area contributed by atoms with Crippen molar-refractivity contribution in [2.45, 2.75) is 17.9 Å². The van der Waals surface area contributed by atoms with Gasteiger partial charge in [0.1, 0.15) is 4.90 Å². The van der Waals surface area contributed by atoms with Gasteiger partial charge in [0.25, 0.3) is 0 Å². The molecule has 25 heavy (non-hydrogen) atoms. The highest BCUT2D eigenvalue weighted by molar-refractivity contribution is 7.89. The first kappa shape index (κ1) is 17.6. The van der Waals surface area contributed by atoms with Crippen LogP contribution in [0, 0.1) is 0 Å². The van der Waals surface area contributed by atoms with Crippen molar-refractivity contribution in [2.24, 2.45) is 7.05 Å². The predicted molar refractivity (Wildman–Crippen MR) is 90.8 cm³/mol. The van der Waals surface area contributed by atoms with Crippen LogP contribution in [0.15, 0.2) is 35.4 Å². The molecule has 2 N–H and O–H groups in total. The summed E-state index contributed by atoms with van der Waals surface area (Å²) in [7, 11) is -2.52. The molecule has 0 saturated carbocycles. The number of rotatable bonds is 6. The zero-order valence-corrected chi connectivity index (χ0v) is 14.7. The molecule has 1 aliphatic rings. The Labute approximate surface area is 146 Å². The van der Waals surface area contributed by atoms with Crippen molar-refractivity contribution in [1.29, 1.82) is 0 Å². The molecule has 3 rings (SSSR count). The van der Waals surface area contributed by atoms with Crippen LogP contribution in [0.2, 0.25) is 0 Å². The van der Waals surface area contributed by atoms with E-state index < -0.39 is 16.0 Å². The van der Waals surface area contributed by atoms with E-state index in [4.69, 9.17) is 5.11 Å². The average Bonchev–Trinajstić information content (AvgIpc) is 2.97. The fraction of sp³-hybridized carbons (Fsp3) is 0.375. The van der Waals surface area contributed by atoms with Crippen LogP contribution >= 0.6 is 0 Å². The molecule has 0 amide bonds. The van der Waals surface area contributed by atoms with Gasteiger partial charge in [0.15, 0.2) is 5.69 Å². The maximum atomic E-state index is 12.4. The topological polar surface area (TPSA) is 105 Å². The smallest absolute Gasteiger partial charge is 0.355 e. The van der Waals surface area contributed by atoms with Crippen LogP contribution in [0.4, 0.5) is 0 Å². The monoisotopic (exact) mass is 364 g/mol. The van der Waals surface area contributed by atoms with Crippen molar-refractivity contribution in [3.05, 3.63) is 47.3 Å². The highest BCUT2D eigenvalue weighted by atomic mass is 32.2. The number of carboxylic acid groups (broad SMARTS) is 1. The third-order valence-electron chi connectivity index (χ3n) is 4.33. The number of nitrogens with one attached hydrogen (secondary N) is 1. The van der Waals surface area contributed by atoms with E-state index in [9.17, 15) is 13.2 Å². The lowest BCUT2D eigenvalue weighted by molar-refractivity contribution is 0.0680. The van der Waals surface area contributed by atoms with Crippen LogP contribution in [-0.2, 0) is 30.0 Å². The number of aryl methyl sites for hydroxylation is 1. The van der Waals surface area contributed by atoms with Gasteiger partial charge >= 0.3 is 5.97 Å². The summed E-state index contributed by atoms with van der Waals surface area (Å²) in [6.07, 6.45) is 2.00. The molecule has 0 unspecified atom stereocenters. The number of fused-ring (bicyclic) bond motifs is 1. The minimum absolute atomic E-state index is 0.207. The van der Waals surface area contributed by atoms with E-state index in [1.54, 1.807) is 0 Å². The Kier molecular flexibility index (Phi) is 4.89. The molecule has 0 atom stereocenters. The molecule has 9 heteroatoms. The molecule has 1 aliphatic heterocycles. The second kappa shape index (κ2) is 6.95. The third kappa shape index (κ3) is 3.73. The van der Waals surface area contributed by atoms with Crippen molar-refractivity contribution >= 4 is 16.0 Å². The molecular weight excluding hydrogens is 344 g/mol. The van der Waals surface area contributed by atoms with Crippen LogP contribution in [-0.4, -0.2) is 53.8 Å². The summed E-state index contributed by atoms with van der Waals surface area (Å²) >= 11 is 0. The zero-order chi connectivity index (χ0) is 18.0. The van der Waals surface area contributed by atoms with Gasteiger partial charge in [-0.15, -0.1) is 0 Å². The minimum atomic E-state index is -3.92. The molecular formula is C16H20N4O4S. The minimum Gasteiger partial charge on any atom is -0.476 e. The summed E-state index contributed by atoms with van der Waals surface area (Å²) in [5, 5.41) is 12.9. The molecule has 1 aromatic heterocycles. The Balaban J connectivity index is 1.62. The van der Waals surface area contributed by atoms with Crippen molar-refractivity contribution in [3.63, 3.8) is 0 Å². The molecule has 1 aromatic carbocycles. The van der Waals surface area contributed by atoms with E-state index in [1.165, 1.54) is 18.2 Å². The second-order valence-electron chi connectivity index (χ2n) is 5.98. The number of hydrogen-bond donors (Lipinski definition) is 2. The molecule has 0 fully saturated rings. The van der Waals surface area contributed by atoms with Gasteiger partial charge in [0, 0.05) is 33.2 Å². The van der Waals surface area contributed by atoms with Crippen molar-refractivity contribution in [2.75, 3.05) is 19.6 Å². The number of hydrogen-bond acceptors (Lipinski definition) is 5. The highest BCUT2D eigenvalue weighted by Crippen LogP contribution is 2.18. The first-order valence-corrected chi connectivity index (χ1v) is 9.41. The summed E-state index contributed by atoms with van der Waals surface area (Å²) < 4.78 is 28.2. The molecule has 0 saturated heterocycles. The van der Waals surface area contributed by atoms with E-state index >= 15 is 0 Å². The first-order chi connectivity index (χ1) is 11.9. The molecule has 2 heterocycles. The number of aromatic carboxylic acids is 1. The summed E-state index contributed by atoms with van der Waals surface area (Å²) in [6.45, 7) is 2.41. The van der Waals surface area contributed by atoms with Gasteiger partial charge in [-0.05, 0) is 17.5 Å².